The molecule has 0 aliphatic carbocycles. The molecule has 1 aromatic heterocycles. The highest BCUT2D eigenvalue weighted by molar-refractivity contribution is 5.46. The van der Waals surface area contributed by atoms with Crippen molar-refractivity contribution < 1.29 is 4.39 Å². The summed E-state index contributed by atoms with van der Waals surface area (Å²) < 4.78 is 12.9. The second-order valence-electron chi connectivity index (χ2n) is 4.07. The van der Waals surface area contributed by atoms with Gasteiger partial charge in [0.15, 0.2) is 0 Å². The van der Waals surface area contributed by atoms with Crippen molar-refractivity contribution in [1.82, 2.24) is 4.98 Å². The number of anilines is 2. The SMILES string of the molecule is CCN(Cc1ccc(N)cn1)c1ccc(F)cc1. The first-order chi connectivity index (χ1) is 8.69. The first-order valence-corrected chi connectivity index (χ1v) is 5.90. The Hall–Kier alpha value is -2.10. The number of nitrogen functional groups attached to an aromatic ring is 1. The predicted molar refractivity (Wildman–Crippen MR) is 71.8 cm³/mol. The van der Waals surface area contributed by atoms with Crippen LogP contribution >= 0.6 is 0 Å². The molecule has 0 spiro atoms. The Labute approximate surface area is 106 Å². The van der Waals surface area contributed by atoms with E-state index < -0.39 is 0 Å². The summed E-state index contributed by atoms with van der Waals surface area (Å²) in [5, 5.41) is 0. The van der Waals surface area contributed by atoms with Crippen LogP contribution < -0.4 is 10.6 Å². The number of nitrogens with zero attached hydrogens (tertiary/aromatic N) is 2. The predicted octanol–water partition coefficient (Wildman–Crippen LogP) is 2.83. The van der Waals surface area contributed by atoms with Crippen LogP contribution in [0.3, 0.4) is 0 Å². The highest BCUT2D eigenvalue weighted by atomic mass is 19.1. The fraction of sp³-hybridized carbons (Fsp3) is 0.214. The van der Waals surface area contributed by atoms with Crippen molar-refractivity contribution in [3.63, 3.8) is 0 Å². The number of rotatable bonds is 4. The van der Waals surface area contributed by atoms with Gasteiger partial charge in [0, 0.05) is 12.2 Å². The number of halogens is 1. The first kappa shape index (κ1) is 12.4. The first-order valence-electron chi connectivity index (χ1n) is 5.90. The molecule has 94 valence electrons. The number of benzene rings is 1. The summed E-state index contributed by atoms with van der Waals surface area (Å²) in [6.07, 6.45) is 1.65. The van der Waals surface area contributed by atoms with Gasteiger partial charge < -0.3 is 10.6 Å². The van der Waals surface area contributed by atoms with Gasteiger partial charge >= 0.3 is 0 Å². The molecule has 2 N–H and O–H groups in total. The number of nitrogens with two attached hydrogens (primary N) is 1. The minimum absolute atomic E-state index is 0.222. The summed E-state index contributed by atoms with van der Waals surface area (Å²) in [4.78, 5) is 6.39. The molecule has 0 bridgehead atoms. The van der Waals surface area contributed by atoms with Crippen LogP contribution in [0.1, 0.15) is 12.6 Å². The standard InChI is InChI=1S/C14H16FN3/c1-2-18(14-7-3-11(15)4-8-14)10-13-6-5-12(16)9-17-13/h3-9H,2,10,16H2,1H3. The Morgan fingerprint density at radius 1 is 1.17 bits per heavy atom. The molecule has 0 amide bonds. The van der Waals surface area contributed by atoms with Crippen LogP contribution in [0.2, 0.25) is 0 Å². The third kappa shape index (κ3) is 2.97. The lowest BCUT2D eigenvalue weighted by Crippen LogP contribution is -2.22. The molecule has 0 saturated carbocycles. The zero-order chi connectivity index (χ0) is 13.0. The van der Waals surface area contributed by atoms with Gasteiger partial charge in [0.25, 0.3) is 0 Å². The maximum Gasteiger partial charge on any atom is 0.123 e. The van der Waals surface area contributed by atoms with E-state index in [1.807, 2.05) is 12.1 Å². The zero-order valence-electron chi connectivity index (χ0n) is 10.3. The molecular formula is C14H16FN3. The Morgan fingerprint density at radius 3 is 2.44 bits per heavy atom. The normalized spacial score (nSPS) is 10.3. The zero-order valence-corrected chi connectivity index (χ0v) is 10.3. The van der Waals surface area contributed by atoms with Gasteiger partial charge in [-0.2, -0.15) is 0 Å². The second kappa shape index (κ2) is 5.49. The topological polar surface area (TPSA) is 42.1 Å². The lowest BCUT2D eigenvalue weighted by Gasteiger charge is -2.22. The van der Waals surface area contributed by atoms with Crippen LogP contribution in [0.5, 0.6) is 0 Å². The number of hydrogen-bond donors (Lipinski definition) is 1. The van der Waals surface area contributed by atoms with Crippen molar-refractivity contribution >= 4 is 11.4 Å². The molecule has 18 heavy (non-hydrogen) atoms. The highest BCUT2D eigenvalue weighted by Gasteiger charge is 2.06. The second-order valence-corrected chi connectivity index (χ2v) is 4.07. The molecule has 0 unspecified atom stereocenters. The molecule has 0 aliphatic heterocycles. The maximum atomic E-state index is 12.9. The van der Waals surface area contributed by atoms with Crippen molar-refractivity contribution in [2.24, 2.45) is 0 Å². The molecule has 1 heterocycles. The van der Waals surface area contributed by atoms with E-state index >= 15 is 0 Å². The van der Waals surface area contributed by atoms with E-state index in [0.29, 0.717) is 12.2 Å². The Bertz CT molecular complexity index is 493. The Balaban J connectivity index is 2.14. The molecule has 1 aromatic carbocycles. The van der Waals surface area contributed by atoms with Gasteiger partial charge in [-0.15, -0.1) is 0 Å². The quantitative estimate of drug-likeness (QED) is 0.900. The molecule has 4 heteroatoms. The van der Waals surface area contributed by atoms with Gasteiger partial charge in [0.05, 0.1) is 24.1 Å². The van der Waals surface area contributed by atoms with E-state index in [0.717, 1.165) is 17.9 Å². The molecule has 2 rings (SSSR count). The smallest absolute Gasteiger partial charge is 0.123 e. The number of pyridine rings is 1. The van der Waals surface area contributed by atoms with Crippen LogP contribution in [0.15, 0.2) is 42.6 Å². The van der Waals surface area contributed by atoms with Gasteiger partial charge in [-0.3, -0.25) is 4.98 Å². The lowest BCUT2D eigenvalue weighted by molar-refractivity contribution is 0.627. The minimum Gasteiger partial charge on any atom is -0.397 e. The van der Waals surface area contributed by atoms with E-state index in [1.54, 1.807) is 18.3 Å². The number of hydrogen-bond acceptors (Lipinski definition) is 3. The van der Waals surface area contributed by atoms with Crippen molar-refractivity contribution in [2.45, 2.75) is 13.5 Å². The van der Waals surface area contributed by atoms with Crippen molar-refractivity contribution in [3.8, 4) is 0 Å². The van der Waals surface area contributed by atoms with E-state index in [1.165, 1.54) is 12.1 Å². The van der Waals surface area contributed by atoms with Gasteiger partial charge in [0.2, 0.25) is 0 Å². The van der Waals surface area contributed by atoms with E-state index in [9.17, 15) is 4.39 Å². The van der Waals surface area contributed by atoms with Gasteiger partial charge in [-0.05, 0) is 43.3 Å². The van der Waals surface area contributed by atoms with Crippen LogP contribution in [-0.2, 0) is 6.54 Å². The third-order valence-electron chi connectivity index (χ3n) is 2.77. The lowest BCUT2D eigenvalue weighted by atomic mass is 10.2. The Morgan fingerprint density at radius 2 is 1.89 bits per heavy atom. The molecule has 0 radical (unpaired) electrons. The fourth-order valence-electron chi connectivity index (χ4n) is 1.76. The van der Waals surface area contributed by atoms with Crippen LogP contribution in [0.25, 0.3) is 0 Å². The summed E-state index contributed by atoms with van der Waals surface area (Å²) in [6.45, 7) is 3.57. The van der Waals surface area contributed by atoms with Gasteiger partial charge in [-0.1, -0.05) is 0 Å². The van der Waals surface area contributed by atoms with Crippen LogP contribution in [-0.4, -0.2) is 11.5 Å². The molecule has 3 nitrogen and oxygen atoms in total. The molecule has 0 fully saturated rings. The maximum absolute atomic E-state index is 12.9. The van der Waals surface area contributed by atoms with Crippen molar-refractivity contribution in [1.29, 1.82) is 0 Å². The van der Waals surface area contributed by atoms with Crippen LogP contribution in [0.4, 0.5) is 15.8 Å². The summed E-state index contributed by atoms with van der Waals surface area (Å²) >= 11 is 0. The summed E-state index contributed by atoms with van der Waals surface area (Å²) in [7, 11) is 0. The largest absolute Gasteiger partial charge is 0.397 e. The fourth-order valence-corrected chi connectivity index (χ4v) is 1.76. The third-order valence-corrected chi connectivity index (χ3v) is 2.77. The molecular weight excluding hydrogens is 229 g/mol. The van der Waals surface area contributed by atoms with E-state index in [4.69, 9.17) is 5.73 Å². The van der Waals surface area contributed by atoms with Crippen LogP contribution in [0, 0.1) is 5.82 Å². The molecule has 0 saturated heterocycles. The van der Waals surface area contributed by atoms with E-state index in [2.05, 4.69) is 16.8 Å². The summed E-state index contributed by atoms with van der Waals surface area (Å²) in [6, 6.07) is 10.2. The molecule has 0 atom stereocenters. The van der Waals surface area contributed by atoms with Gasteiger partial charge in [0.1, 0.15) is 5.82 Å². The van der Waals surface area contributed by atoms with Crippen molar-refractivity contribution in [3.05, 3.63) is 54.1 Å². The number of aromatic nitrogens is 1. The van der Waals surface area contributed by atoms with Gasteiger partial charge in [-0.25, -0.2) is 4.39 Å². The summed E-state index contributed by atoms with van der Waals surface area (Å²) in [5.41, 5.74) is 8.18. The monoisotopic (exact) mass is 245 g/mol. The summed E-state index contributed by atoms with van der Waals surface area (Å²) in [5.74, 6) is -0.222. The highest BCUT2D eigenvalue weighted by Crippen LogP contribution is 2.17. The van der Waals surface area contributed by atoms with E-state index in [-0.39, 0.29) is 5.82 Å². The average Bonchev–Trinajstić information content (AvgIpc) is 2.39. The Kier molecular flexibility index (Phi) is 3.77. The molecule has 2 aromatic rings. The van der Waals surface area contributed by atoms with Crippen molar-refractivity contribution in [2.75, 3.05) is 17.2 Å². The average molecular weight is 245 g/mol. The molecule has 0 aliphatic rings. The minimum atomic E-state index is -0.222.